The smallest absolute Gasteiger partial charge is 0.241 e. The second-order valence-electron chi connectivity index (χ2n) is 5.24. The van der Waals surface area contributed by atoms with Gasteiger partial charge in [0, 0.05) is 12.4 Å². The Hall–Kier alpha value is -2.21. The molecular weight excluding hydrogens is 266 g/mol. The summed E-state index contributed by atoms with van der Waals surface area (Å²) in [7, 11) is 0. The van der Waals surface area contributed by atoms with Crippen LogP contribution in [0.2, 0.25) is 0 Å². The van der Waals surface area contributed by atoms with Gasteiger partial charge in [0.05, 0.1) is 17.9 Å². The highest BCUT2D eigenvalue weighted by molar-refractivity contribution is 5.94. The molecule has 0 bridgehead atoms. The van der Waals surface area contributed by atoms with E-state index in [4.69, 9.17) is 0 Å². The third-order valence-electron chi connectivity index (χ3n) is 3.71. The monoisotopic (exact) mass is 285 g/mol. The van der Waals surface area contributed by atoms with E-state index in [2.05, 4.69) is 20.6 Å². The molecule has 3 heterocycles. The number of nitrogens with zero attached hydrogens (tertiary/aromatic N) is 3. The highest BCUT2D eigenvalue weighted by Gasteiger charge is 2.20. The molecule has 2 aromatic heterocycles. The van der Waals surface area contributed by atoms with Crippen molar-refractivity contribution in [1.29, 1.82) is 0 Å². The van der Waals surface area contributed by atoms with Crippen molar-refractivity contribution in [3.8, 4) is 5.82 Å². The molecule has 2 aromatic rings. The Kier molecular flexibility index (Phi) is 3.96. The first kappa shape index (κ1) is 13.8. The molecule has 6 heteroatoms. The summed E-state index contributed by atoms with van der Waals surface area (Å²) < 4.78 is 1.90. The molecule has 1 fully saturated rings. The van der Waals surface area contributed by atoms with Crippen LogP contribution in [0.15, 0.2) is 30.7 Å². The number of amides is 1. The number of rotatable bonds is 3. The number of hydrogen-bond acceptors (Lipinski definition) is 4. The third kappa shape index (κ3) is 3.11. The lowest BCUT2D eigenvalue weighted by Gasteiger charge is -2.22. The lowest BCUT2D eigenvalue weighted by molar-refractivity contribution is -0.118. The molecule has 1 saturated heterocycles. The number of anilines is 1. The minimum absolute atomic E-state index is 0.0167. The molecule has 0 unspecified atom stereocenters. The van der Waals surface area contributed by atoms with Crippen LogP contribution in [-0.4, -0.2) is 33.0 Å². The van der Waals surface area contributed by atoms with Crippen LogP contribution in [-0.2, 0) is 4.79 Å². The molecule has 1 aliphatic heterocycles. The van der Waals surface area contributed by atoms with Crippen LogP contribution in [0.5, 0.6) is 0 Å². The molecule has 0 saturated carbocycles. The maximum absolute atomic E-state index is 12.1. The normalized spacial score (nSPS) is 18.4. The van der Waals surface area contributed by atoms with Crippen LogP contribution < -0.4 is 10.6 Å². The molecule has 0 aromatic carbocycles. The van der Waals surface area contributed by atoms with Crippen molar-refractivity contribution in [2.75, 3.05) is 11.9 Å². The average molecular weight is 285 g/mol. The van der Waals surface area contributed by atoms with Gasteiger partial charge in [0.1, 0.15) is 11.6 Å². The first-order valence-corrected chi connectivity index (χ1v) is 7.24. The first-order valence-electron chi connectivity index (χ1n) is 7.24. The Labute approximate surface area is 123 Å². The van der Waals surface area contributed by atoms with E-state index >= 15 is 0 Å². The average Bonchev–Trinajstić information content (AvgIpc) is 2.95. The quantitative estimate of drug-likeness (QED) is 0.899. The van der Waals surface area contributed by atoms with Crippen molar-refractivity contribution in [3.63, 3.8) is 0 Å². The minimum atomic E-state index is -0.0886. The van der Waals surface area contributed by atoms with Crippen LogP contribution >= 0.6 is 0 Å². The van der Waals surface area contributed by atoms with Gasteiger partial charge in [-0.15, -0.1) is 0 Å². The predicted octanol–water partition coefficient (Wildman–Crippen LogP) is 1.66. The maximum atomic E-state index is 12.1. The van der Waals surface area contributed by atoms with Crippen LogP contribution in [0.4, 0.5) is 5.69 Å². The summed E-state index contributed by atoms with van der Waals surface area (Å²) in [6, 6.07) is 3.65. The zero-order chi connectivity index (χ0) is 14.7. The number of nitrogens with one attached hydrogen (secondary N) is 2. The van der Waals surface area contributed by atoms with Crippen molar-refractivity contribution in [1.82, 2.24) is 19.9 Å². The molecule has 1 aliphatic rings. The van der Waals surface area contributed by atoms with Crippen molar-refractivity contribution in [2.45, 2.75) is 32.2 Å². The molecule has 1 atom stereocenters. The SMILES string of the molecule is Cc1nccn1-c1ccc(NC(=O)[C@@H]2CCCCN2)cn1. The van der Waals surface area contributed by atoms with E-state index in [1.54, 1.807) is 12.4 Å². The number of aryl methyl sites for hydroxylation is 1. The molecule has 0 spiro atoms. The van der Waals surface area contributed by atoms with Gasteiger partial charge in [-0.25, -0.2) is 9.97 Å². The summed E-state index contributed by atoms with van der Waals surface area (Å²) in [5.74, 6) is 1.69. The fourth-order valence-electron chi connectivity index (χ4n) is 2.53. The molecular formula is C15H19N5O. The maximum Gasteiger partial charge on any atom is 0.241 e. The highest BCUT2D eigenvalue weighted by atomic mass is 16.2. The van der Waals surface area contributed by atoms with Gasteiger partial charge >= 0.3 is 0 Å². The Morgan fingerprint density at radius 3 is 2.90 bits per heavy atom. The standard InChI is InChI=1S/C15H19N5O/c1-11-16-8-9-20(11)14-6-5-12(10-18-14)19-15(21)13-4-2-3-7-17-13/h5-6,8-10,13,17H,2-4,7H2,1H3,(H,19,21)/t13-/m0/s1. The summed E-state index contributed by atoms with van der Waals surface area (Å²) in [6.07, 6.45) is 8.41. The van der Waals surface area contributed by atoms with Crippen molar-refractivity contribution in [3.05, 3.63) is 36.5 Å². The van der Waals surface area contributed by atoms with Crippen molar-refractivity contribution < 1.29 is 4.79 Å². The molecule has 21 heavy (non-hydrogen) atoms. The summed E-state index contributed by atoms with van der Waals surface area (Å²) in [4.78, 5) is 20.7. The molecule has 3 rings (SSSR count). The topological polar surface area (TPSA) is 71.8 Å². The van der Waals surface area contributed by atoms with E-state index in [1.807, 2.05) is 29.8 Å². The Morgan fingerprint density at radius 1 is 1.38 bits per heavy atom. The van der Waals surface area contributed by atoms with Crippen LogP contribution in [0, 0.1) is 6.92 Å². The van der Waals surface area contributed by atoms with Gasteiger partial charge in [0.15, 0.2) is 0 Å². The fraction of sp³-hybridized carbons (Fsp3) is 0.400. The van der Waals surface area contributed by atoms with Gasteiger partial charge in [-0.2, -0.15) is 0 Å². The van der Waals surface area contributed by atoms with Gasteiger partial charge in [-0.05, 0) is 38.4 Å². The number of aromatic nitrogens is 3. The molecule has 0 aliphatic carbocycles. The van der Waals surface area contributed by atoms with Crippen LogP contribution in [0.25, 0.3) is 5.82 Å². The number of hydrogen-bond donors (Lipinski definition) is 2. The number of carbonyl (C=O) groups excluding carboxylic acids is 1. The largest absolute Gasteiger partial charge is 0.323 e. The summed E-state index contributed by atoms with van der Waals surface area (Å²) >= 11 is 0. The van der Waals surface area contributed by atoms with E-state index in [0.717, 1.165) is 37.4 Å². The fourth-order valence-corrected chi connectivity index (χ4v) is 2.53. The minimum Gasteiger partial charge on any atom is -0.323 e. The van der Waals surface area contributed by atoms with Crippen molar-refractivity contribution >= 4 is 11.6 Å². The molecule has 1 amide bonds. The second-order valence-corrected chi connectivity index (χ2v) is 5.24. The Bertz CT molecular complexity index is 613. The van der Waals surface area contributed by atoms with Crippen molar-refractivity contribution in [2.24, 2.45) is 0 Å². The van der Waals surface area contributed by atoms with E-state index in [-0.39, 0.29) is 11.9 Å². The van der Waals surface area contributed by atoms with Gasteiger partial charge < -0.3 is 10.6 Å². The Morgan fingerprint density at radius 2 is 2.29 bits per heavy atom. The van der Waals surface area contributed by atoms with Gasteiger partial charge in [0.25, 0.3) is 0 Å². The zero-order valence-corrected chi connectivity index (χ0v) is 12.0. The lowest BCUT2D eigenvalue weighted by Crippen LogP contribution is -2.43. The van der Waals surface area contributed by atoms with Crippen LogP contribution in [0.1, 0.15) is 25.1 Å². The second kappa shape index (κ2) is 6.05. The number of piperidine rings is 1. The summed E-state index contributed by atoms with van der Waals surface area (Å²) in [6.45, 7) is 2.83. The van der Waals surface area contributed by atoms with E-state index in [0.29, 0.717) is 5.69 Å². The Balaban J connectivity index is 1.67. The third-order valence-corrected chi connectivity index (χ3v) is 3.71. The lowest BCUT2D eigenvalue weighted by atomic mass is 10.0. The van der Waals surface area contributed by atoms with E-state index in [1.165, 1.54) is 0 Å². The number of pyridine rings is 1. The molecule has 6 nitrogen and oxygen atoms in total. The van der Waals surface area contributed by atoms with Gasteiger partial charge in [-0.3, -0.25) is 9.36 Å². The number of carbonyl (C=O) groups is 1. The highest BCUT2D eigenvalue weighted by Crippen LogP contribution is 2.13. The predicted molar refractivity (Wildman–Crippen MR) is 80.4 cm³/mol. The molecule has 2 N–H and O–H groups in total. The van der Waals surface area contributed by atoms with Crippen LogP contribution in [0.3, 0.4) is 0 Å². The van der Waals surface area contributed by atoms with E-state index < -0.39 is 0 Å². The molecule has 0 radical (unpaired) electrons. The molecule has 110 valence electrons. The zero-order valence-electron chi connectivity index (χ0n) is 12.0. The van der Waals surface area contributed by atoms with Gasteiger partial charge in [-0.1, -0.05) is 6.42 Å². The first-order chi connectivity index (χ1) is 10.2. The number of imidazole rings is 1. The van der Waals surface area contributed by atoms with E-state index in [9.17, 15) is 4.79 Å². The summed E-state index contributed by atoms with van der Waals surface area (Å²) in [5.41, 5.74) is 0.717. The summed E-state index contributed by atoms with van der Waals surface area (Å²) in [5, 5.41) is 6.15. The van der Waals surface area contributed by atoms with Gasteiger partial charge in [0.2, 0.25) is 5.91 Å².